The van der Waals surface area contributed by atoms with Crippen molar-refractivity contribution < 1.29 is 18.0 Å². The number of halogens is 3. The van der Waals surface area contributed by atoms with Crippen LogP contribution < -0.4 is 5.32 Å². The van der Waals surface area contributed by atoms with Gasteiger partial charge < -0.3 is 10.3 Å². The van der Waals surface area contributed by atoms with Crippen molar-refractivity contribution in [1.29, 1.82) is 0 Å². The Morgan fingerprint density at radius 2 is 1.96 bits per heavy atom. The average molecular weight is 372 g/mol. The molecular formula is C21H19F3N2O. The van der Waals surface area contributed by atoms with Gasteiger partial charge in [-0.3, -0.25) is 4.79 Å². The number of carbonyl (C=O) groups excluding carboxylic acids is 1. The second-order valence-corrected chi connectivity index (χ2v) is 7.03. The Hall–Kier alpha value is -2.76. The molecule has 1 aliphatic rings. The summed E-state index contributed by atoms with van der Waals surface area (Å²) in [5, 5.41) is 3.93. The van der Waals surface area contributed by atoms with Gasteiger partial charge in [-0.15, -0.1) is 0 Å². The molecule has 1 unspecified atom stereocenters. The number of nitrogens with one attached hydrogen (secondary N) is 2. The molecule has 1 atom stereocenters. The Kier molecular flexibility index (Phi) is 4.21. The van der Waals surface area contributed by atoms with E-state index >= 15 is 0 Å². The summed E-state index contributed by atoms with van der Waals surface area (Å²) >= 11 is 0. The molecule has 0 saturated carbocycles. The van der Waals surface area contributed by atoms with Crippen LogP contribution >= 0.6 is 0 Å². The molecule has 0 bridgehead atoms. The first-order valence-corrected chi connectivity index (χ1v) is 8.93. The van der Waals surface area contributed by atoms with E-state index in [1.165, 1.54) is 18.2 Å². The van der Waals surface area contributed by atoms with Gasteiger partial charge in [-0.1, -0.05) is 23.8 Å². The fourth-order valence-electron chi connectivity index (χ4n) is 3.89. The van der Waals surface area contributed by atoms with Crippen molar-refractivity contribution in [3.8, 4) is 0 Å². The lowest BCUT2D eigenvalue weighted by atomic mass is 9.91. The van der Waals surface area contributed by atoms with Gasteiger partial charge in [0.05, 0.1) is 17.2 Å². The van der Waals surface area contributed by atoms with Crippen LogP contribution in [0.25, 0.3) is 10.9 Å². The lowest BCUT2D eigenvalue weighted by Gasteiger charge is -2.24. The highest BCUT2D eigenvalue weighted by Crippen LogP contribution is 2.36. The van der Waals surface area contributed by atoms with Crippen LogP contribution in [-0.2, 0) is 12.6 Å². The van der Waals surface area contributed by atoms with E-state index in [0.717, 1.165) is 46.6 Å². The zero-order valence-electron chi connectivity index (χ0n) is 14.8. The average Bonchev–Trinajstić information content (AvgIpc) is 3.00. The summed E-state index contributed by atoms with van der Waals surface area (Å²) in [6, 6.07) is 10.7. The number of benzene rings is 2. The van der Waals surface area contributed by atoms with Gasteiger partial charge in [-0.05, 0) is 56.0 Å². The molecule has 2 N–H and O–H groups in total. The van der Waals surface area contributed by atoms with Gasteiger partial charge >= 0.3 is 6.18 Å². The van der Waals surface area contributed by atoms with Crippen LogP contribution in [0, 0.1) is 6.92 Å². The molecule has 0 saturated heterocycles. The molecule has 0 radical (unpaired) electrons. The molecule has 1 amide bonds. The Morgan fingerprint density at radius 1 is 1.19 bits per heavy atom. The topological polar surface area (TPSA) is 44.9 Å². The largest absolute Gasteiger partial charge is 0.417 e. The molecule has 1 heterocycles. The van der Waals surface area contributed by atoms with E-state index in [0.29, 0.717) is 6.42 Å². The van der Waals surface area contributed by atoms with Crippen LogP contribution in [0.2, 0.25) is 0 Å². The van der Waals surface area contributed by atoms with Crippen molar-refractivity contribution in [3.63, 3.8) is 0 Å². The zero-order chi connectivity index (χ0) is 19.2. The Balaban J connectivity index is 1.68. The standard InChI is InChI=1S/C21H19F3N2O/c1-12-9-10-17-15(11-12)13-6-4-8-18(19(13)25-17)26-20(27)14-5-2-3-7-16(14)21(22,23)24/h2-3,5,7,9-11,18,25H,4,6,8H2,1H3,(H,26,27). The number of aromatic amines is 1. The van der Waals surface area contributed by atoms with E-state index in [1.807, 2.05) is 19.1 Å². The molecule has 4 rings (SSSR count). The second-order valence-electron chi connectivity index (χ2n) is 7.03. The van der Waals surface area contributed by atoms with Gasteiger partial charge in [0, 0.05) is 16.6 Å². The quantitative estimate of drug-likeness (QED) is 0.630. The molecule has 6 heteroatoms. The number of aromatic nitrogens is 1. The molecule has 0 fully saturated rings. The number of rotatable bonds is 2. The van der Waals surface area contributed by atoms with Crippen molar-refractivity contribution in [1.82, 2.24) is 10.3 Å². The number of hydrogen-bond donors (Lipinski definition) is 2. The minimum atomic E-state index is -4.57. The monoisotopic (exact) mass is 372 g/mol. The summed E-state index contributed by atoms with van der Waals surface area (Å²) in [6.45, 7) is 2.02. The summed E-state index contributed by atoms with van der Waals surface area (Å²) in [7, 11) is 0. The van der Waals surface area contributed by atoms with Crippen molar-refractivity contribution in [2.24, 2.45) is 0 Å². The first-order chi connectivity index (χ1) is 12.8. The van der Waals surface area contributed by atoms with Crippen LogP contribution in [0.5, 0.6) is 0 Å². The van der Waals surface area contributed by atoms with E-state index in [9.17, 15) is 18.0 Å². The first kappa shape index (κ1) is 17.6. The Bertz CT molecular complexity index is 1020. The van der Waals surface area contributed by atoms with Crippen molar-refractivity contribution in [2.45, 2.75) is 38.4 Å². The highest BCUT2D eigenvalue weighted by Gasteiger charge is 2.35. The molecule has 27 heavy (non-hydrogen) atoms. The fraction of sp³-hybridized carbons (Fsp3) is 0.286. The van der Waals surface area contributed by atoms with E-state index < -0.39 is 17.6 Å². The highest BCUT2D eigenvalue weighted by atomic mass is 19.4. The summed E-state index contributed by atoms with van der Waals surface area (Å²) < 4.78 is 39.7. The molecule has 3 nitrogen and oxygen atoms in total. The van der Waals surface area contributed by atoms with Gasteiger partial charge in [0.25, 0.3) is 5.91 Å². The molecule has 1 aliphatic carbocycles. The maximum absolute atomic E-state index is 13.2. The van der Waals surface area contributed by atoms with Crippen molar-refractivity contribution in [3.05, 3.63) is 70.4 Å². The number of aryl methyl sites for hydroxylation is 2. The van der Waals surface area contributed by atoms with Gasteiger partial charge in [-0.25, -0.2) is 0 Å². The van der Waals surface area contributed by atoms with Gasteiger partial charge in [0.2, 0.25) is 0 Å². The molecule has 140 valence electrons. The lowest BCUT2D eigenvalue weighted by Crippen LogP contribution is -2.32. The number of alkyl halides is 3. The summed E-state index contributed by atoms with van der Waals surface area (Å²) in [5.74, 6) is -0.699. The first-order valence-electron chi connectivity index (χ1n) is 8.93. The van der Waals surface area contributed by atoms with Gasteiger partial charge in [0.15, 0.2) is 0 Å². The summed E-state index contributed by atoms with van der Waals surface area (Å²) in [4.78, 5) is 16.0. The SMILES string of the molecule is Cc1ccc2[nH]c3c(c2c1)CCCC3NC(=O)c1ccccc1C(F)(F)F. The number of H-pyrrole nitrogens is 1. The van der Waals surface area contributed by atoms with E-state index in [4.69, 9.17) is 0 Å². The van der Waals surface area contributed by atoms with E-state index in [1.54, 1.807) is 0 Å². The third kappa shape index (κ3) is 3.20. The highest BCUT2D eigenvalue weighted by molar-refractivity contribution is 5.96. The van der Waals surface area contributed by atoms with Gasteiger partial charge in [-0.2, -0.15) is 13.2 Å². The maximum Gasteiger partial charge on any atom is 0.417 e. The van der Waals surface area contributed by atoms with Crippen LogP contribution in [0.1, 0.15) is 51.6 Å². The maximum atomic E-state index is 13.2. The van der Waals surface area contributed by atoms with Gasteiger partial charge in [0.1, 0.15) is 0 Å². The minimum absolute atomic E-state index is 0.324. The normalized spacial score (nSPS) is 17.0. The molecule has 3 aromatic rings. The molecular weight excluding hydrogens is 353 g/mol. The summed E-state index contributed by atoms with van der Waals surface area (Å²) in [5.41, 5.74) is 2.93. The number of carbonyl (C=O) groups is 1. The zero-order valence-corrected chi connectivity index (χ0v) is 14.8. The van der Waals surface area contributed by atoms with Crippen LogP contribution in [0.4, 0.5) is 13.2 Å². The molecule has 1 aromatic heterocycles. The number of fused-ring (bicyclic) bond motifs is 3. The molecule has 2 aromatic carbocycles. The predicted molar refractivity (Wildman–Crippen MR) is 97.6 cm³/mol. The van der Waals surface area contributed by atoms with E-state index in [-0.39, 0.29) is 11.6 Å². The fourth-order valence-corrected chi connectivity index (χ4v) is 3.89. The molecule has 0 spiro atoms. The molecule has 0 aliphatic heterocycles. The second kappa shape index (κ2) is 6.44. The van der Waals surface area contributed by atoms with Crippen molar-refractivity contribution >= 4 is 16.8 Å². The smallest absolute Gasteiger partial charge is 0.356 e. The van der Waals surface area contributed by atoms with Crippen LogP contribution in [-0.4, -0.2) is 10.9 Å². The van der Waals surface area contributed by atoms with Crippen molar-refractivity contribution in [2.75, 3.05) is 0 Å². The third-order valence-corrected chi connectivity index (χ3v) is 5.15. The Labute approximate surface area is 154 Å². The predicted octanol–water partition coefficient (Wildman–Crippen LogP) is 5.30. The number of hydrogen-bond acceptors (Lipinski definition) is 1. The summed E-state index contributed by atoms with van der Waals surface area (Å²) in [6.07, 6.45) is -2.10. The minimum Gasteiger partial charge on any atom is -0.356 e. The number of amides is 1. The van der Waals surface area contributed by atoms with Crippen LogP contribution in [0.3, 0.4) is 0 Å². The Morgan fingerprint density at radius 3 is 2.74 bits per heavy atom. The van der Waals surface area contributed by atoms with Crippen LogP contribution in [0.15, 0.2) is 42.5 Å². The van der Waals surface area contributed by atoms with E-state index in [2.05, 4.69) is 16.4 Å². The third-order valence-electron chi connectivity index (χ3n) is 5.15. The lowest BCUT2D eigenvalue weighted by molar-refractivity contribution is -0.137.